The first-order chi connectivity index (χ1) is 7.75. The smallest absolute Gasteiger partial charge is 0.449 e. The van der Waals surface area contributed by atoms with E-state index in [4.69, 9.17) is 5.11 Å². The fourth-order valence-corrected chi connectivity index (χ4v) is 1.45. The molecular weight excluding hydrogens is 204 g/mol. The van der Waals surface area contributed by atoms with Gasteiger partial charge in [-0.25, -0.2) is 4.79 Å². The van der Waals surface area contributed by atoms with E-state index in [1.165, 1.54) is 0 Å². The number of benzene rings is 2. The first-order valence-electron chi connectivity index (χ1n) is 4.82. The first-order valence-corrected chi connectivity index (χ1v) is 4.82. The van der Waals surface area contributed by atoms with Crippen molar-refractivity contribution in [2.24, 2.45) is 0 Å². The standard InChI is InChI=1S/C13H10O3/c14-13(15)16-12-8-6-11(7-9-12)10-4-2-1-3-5-10/h1-9H,(H,14,15). The largest absolute Gasteiger partial charge is 0.511 e. The van der Waals surface area contributed by atoms with Gasteiger partial charge in [0.05, 0.1) is 0 Å². The maximum Gasteiger partial charge on any atom is 0.511 e. The average Bonchev–Trinajstić information content (AvgIpc) is 2.30. The molecule has 2 rings (SSSR count). The van der Waals surface area contributed by atoms with Gasteiger partial charge in [-0.1, -0.05) is 42.5 Å². The Morgan fingerprint density at radius 1 is 0.875 bits per heavy atom. The minimum absolute atomic E-state index is 0.326. The SMILES string of the molecule is O=C(O)Oc1ccc(-c2ccccc2)cc1. The third kappa shape index (κ3) is 2.39. The van der Waals surface area contributed by atoms with Crippen molar-refractivity contribution in [3.8, 4) is 16.9 Å². The number of hydrogen-bond donors (Lipinski definition) is 1. The van der Waals surface area contributed by atoms with E-state index < -0.39 is 6.16 Å². The van der Waals surface area contributed by atoms with Crippen molar-refractivity contribution < 1.29 is 14.6 Å². The molecule has 80 valence electrons. The summed E-state index contributed by atoms with van der Waals surface area (Å²) in [6.07, 6.45) is -1.30. The van der Waals surface area contributed by atoms with Gasteiger partial charge in [0.25, 0.3) is 0 Å². The summed E-state index contributed by atoms with van der Waals surface area (Å²) in [5, 5.41) is 8.43. The lowest BCUT2D eigenvalue weighted by molar-refractivity contribution is 0.144. The second-order valence-electron chi connectivity index (χ2n) is 3.26. The fraction of sp³-hybridized carbons (Fsp3) is 0. The zero-order chi connectivity index (χ0) is 11.4. The molecule has 16 heavy (non-hydrogen) atoms. The lowest BCUT2D eigenvalue weighted by Crippen LogP contribution is -2.02. The molecule has 2 aromatic carbocycles. The molecule has 0 radical (unpaired) electrons. The molecule has 0 aliphatic carbocycles. The number of rotatable bonds is 2. The number of carboxylic acid groups (broad SMARTS) is 1. The summed E-state index contributed by atoms with van der Waals surface area (Å²) in [5.74, 6) is 0.326. The molecule has 0 atom stereocenters. The predicted octanol–water partition coefficient (Wildman–Crippen LogP) is 3.41. The summed E-state index contributed by atoms with van der Waals surface area (Å²) in [7, 11) is 0. The van der Waals surface area contributed by atoms with Crippen LogP contribution in [0.5, 0.6) is 5.75 Å². The molecule has 0 unspecified atom stereocenters. The molecule has 0 fully saturated rings. The lowest BCUT2D eigenvalue weighted by Gasteiger charge is -2.03. The highest BCUT2D eigenvalue weighted by atomic mass is 16.7. The second-order valence-corrected chi connectivity index (χ2v) is 3.26. The molecular formula is C13H10O3. The van der Waals surface area contributed by atoms with Crippen molar-refractivity contribution in [3.05, 3.63) is 54.6 Å². The van der Waals surface area contributed by atoms with E-state index in [-0.39, 0.29) is 0 Å². The topological polar surface area (TPSA) is 46.5 Å². The summed E-state index contributed by atoms with van der Waals surface area (Å²) in [4.78, 5) is 10.3. The van der Waals surface area contributed by atoms with Gasteiger partial charge in [0, 0.05) is 0 Å². The third-order valence-electron chi connectivity index (χ3n) is 2.17. The van der Waals surface area contributed by atoms with Crippen LogP contribution in [-0.4, -0.2) is 11.3 Å². The normalized spacial score (nSPS) is 9.75. The Hall–Kier alpha value is -2.29. The fourth-order valence-electron chi connectivity index (χ4n) is 1.45. The Kier molecular flexibility index (Phi) is 2.87. The van der Waals surface area contributed by atoms with Crippen LogP contribution in [0.1, 0.15) is 0 Å². The molecule has 3 nitrogen and oxygen atoms in total. The number of carbonyl (C=O) groups is 1. The molecule has 0 saturated heterocycles. The Morgan fingerprint density at radius 2 is 1.44 bits per heavy atom. The van der Waals surface area contributed by atoms with Gasteiger partial charge >= 0.3 is 6.16 Å². The predicted molar refractivity (Wildman–Crippen MR) is 60.5 cm³/mol. The van der Waals surface area contributed by atoms with Crippen LogP contribution in [0, 0.1) is 0 Å². The first kappa shape index (κ1) is 10.2. The molecule has 0 aromatic heterocycles. The monoisotopic (exact) mass is 214 g/mol. The number of hydrogen-bond acceptors (Lipinski definition) is 2. The molecule has 0 heterocycles. The van der Waals surface area contributed by atoms with E-state index in [1.54, 1.807) is 12.1 Å². The van der Waals surface area contributed by atoms with Gasteiger partial charge in [-0.15, -0.1) is 0 Å². The average molecular weight is 214 g/mol. The van der Waals surface area contributed by atoms with Crippen LogP contribution in [0.2, 0.25) is 0 Å². The zero-order valence-corrected chi connectivity index (χ0v) is 8.46. The van der Waals surface area contributed by atoms with Gasteiger partial charge in [0.2, 0.25) is 0 Å². The minimum Gasteiger partial charge on any atom is -0.449 e. The summed E-state index contributed by atoms with van der Waals surface area (Å²) >= 11 is 0. The van der Waals surface area contributed by atoms with E-state index in [0.717, 1.165) is 11.1 Å². The van der Waals surface area contributed by atoms with Gasteiger partial charge in [-0.2, -0.15) is 0 Å². The molecule has 0 amide bonds. The Morgan fingerprint density at radius 3 is 2.00 bits per heavy atom. The van der Waals surface area contributed by atoms with Gasteiger partial charge in [0.1, 0.15) is 5.75 Å². The van der Waals surface area contributed by atoms with Crippen LogP contribution >= 0.6 is 0 Å². The number of ether oxygens (including phenoxy) is 1. The van der Waals surface area contributed by atoms with Gasteiger partial charge in [-0.3, -0.25) is 0 Å². The molecule has 0 saturated carbocycles. The molecule has 0 aliphatic rings. The highest BCUT2D eigenvalue weighted by Gasteiger charge is 2.01. The van der Waals surface area contributed by atoms with Crippen molar-refractivity contribution in [2.75, 3.05) is 0 Å². The van der Waals surface area contributed by atoms with E-state index >= 15 is 0 Å². The van der Waals surface area contributed by atoms with Crippen molar-refractivity contribution in [1.82, 2.24) is 0 Å². The lowest BCUT2D eigenvalue weighted by atomic mass is 10.1. The van der Waals surface area contributed by atoms with Crippen LogP contribution in [0.25, 0.3) is 11.1 Å². The van der Waals surface area contributed by atoms with Crippen LogP contribution in [0.3, 0.4) is 0 Å². The molecule has 2 aromatic rings. The van der Waals surface area contributed by atoms with Crippen LogP contribution in [0.4, 0.5) is 4.79 Å². The highest BCUT2D eigenvalue weighted by molar-refractivity contribution is 5.66. The van der Waals surface area contributed by atoms with E-state index in [0.29, 0.717) is 5.75 Å². The van der Waals surface area contributed by atoms with Crippen molar-refractivity contribution in [2.45, 2.75) is 0 Å². The summed E-state index contributed by atoms with van der Waals surface area (Å²) in [5.41, 5.74) is 2.11. The maximum atomic E-state index is 10.3. The minimum atomic E-state index is -1.30. The van der Waals surface area contributed by atoms with Gasteiger partial charge < -0.3 is 9.84 Å². The molecule has 1 N–H and O–H groups in total. The zero-order valence-electron chi connectivity index (χ0n) is 8.46. The van der Waals surface area contributed by atoms with E-state index in [1.807, 2.05) is 42.5 Å². The van der Waals surface area contributed by atoms with E-state index in [9.17, 15) is 4.79 Å². The third-order valence-corrected chi connectivity index (χ3v) is 2.17. The summed E-state index contributed by atoms with van der Waals surface area (Å²) < 4.78 is 4.52. The maximum absolute atomic E-state index is 10.3. The Balaban J connectivity index is 2.23. The van der Waals surface area contributed by atoms with Crippen molar-refractivity contribution >= 4 is 6.16 Å². The van der Waals surface area contributed by atoms with E-state index in [2.05, 4.69) is 4.74 Å². The molecule has 0 bridgehead atoms. The van der Waals surface area contributed by atoms with Crippen LogP contribution < -0.4 is 4.74 Å². The Labute approximate surface area is 92.9 Å². The molecule has 0 spiro atoms. The van der Waals surface area contributed by atoms with Crippen LogP contribution in [-0.2, 0) is 0 Å². The Bertz CT molecular complexity index is 474. The summed E-state index contributed by atoms with van der Waals surface area (Å²) in [6, 6.07) is 16.8. The molecule has 0 aliphatic heterocycles. The second kappa shape index (κ2) is 4.49. The van der Waals surface area contributed by atoms with Crippen molar-refractivity contribution in [3.63, 3.8) is 0 Å². The quantitative estimate of drug-likeness (QED) is 0.615. The van der Waals surface area contributed by atoms with Crippen LogP contribution in [0.15, 0.2) is 54.6 Å². The van der Waals surface area contributed by atoms with Gasteiger partial charge in [-0.05, 0) is 23.3 Å². The van der Waals surface area contributed by atoms with Gasteiger partial charge in [0.15, 0.2) is 0 Å². The summed E-state index contributed by atoms with van der Waals surface area (Å²) in [6.45, 7) is 0. The van der Waals surface area contributed by atoms with Crippen molar-refractivity contribution in [1.29, 1.82) is 0 Å². The molecule has 3 heteroatoms. The highest BCUT2D eigenvalue weighted by Crippen LogP contribution is 2.21.